The second kappa shape index (κ2) is 6.02. The van der Waals surface area contributed by atoms with Gasteiger partial charge < -0.3 is 9.47 Å². The Morgan fingerprint density at radius 2 is 2.07 bits per heavy atom. The second-order valence-corrected chi connectivity index (χ2v) is 4.13. The van der Waals surface area contributed by atoms with Crippen LogP contribution in [0.1, 0.15) is 0 Å². The van der Waals surface area contributed by atoms with Gasteiger partial charge in [0.15, 0.2) is 0 Å². The van der Waals surface area contributed by atoms with Crippen molar-refractivity contribution in [3.8, 4) is 0 Å². The van der Waals surface area contributed by atoms with Crippen LogP contribution in [0.15, 0.2) is 12.7 Å². The molecule has 0 aromatic carbocycles. The van der Waals surface area contributed by atoms with E-state index in [9.17, 15) is 18.0 Å². The van der Waals surface area contributed by atoms with Crippen LogP contribution in [0.4, 0.5) is 4.79 Å². The maximum Gasteiger partial charge on any atom is 0.420 e. The van der Waals surface area contributed by atoms with Crippen molar-refractivity contribution < 1.29 is 27.5 Å². The van der Waals surface area contributed by atoms with Crippen molar-refractivity contribution in [1.82, 2.24) is 4.72 Å². The third kappa shape index (κ3) is 6.49. The maximum atomic E-state index is 11.0. The van der Waals surface area contributed by atoms with E-state index in [1.807, 2.05) is 0 Å². The van der Waals surface area contributed by atoms with Gasteiger partial charge in [0.1, 0.15) is 12.4 Å². The van der Waals surface area contributed by atoms with Gasteiger partial charge in [0.05, 0.1) is 7.11 Å². The summed E-state index contributed by atoms with van der Waals surface area (Å²) in [5.41, 5.74) is 0. The van der Waals surface area contributed by atoms with Crippen molar-refractivity contribution in [3.05, 3.63) is 12.7 Å². The maximum absolute atomic E-state index is 11.0. The molecule has 0 rings (SSSR count). The molecule has 15 heavy (non-hydrogen) atoms. The van der Waals surface area contributed by atoms with Gasteiger partial charge in [0, 0.05) is 6.08 Å². The Bertz CT molecular complexity index is 346. The Labute approximate surface area is 87.1 Å². The highest BCUT2D eigenvalue weighted by Crippen LogP contribution is 1.88. The number of sulfonamides is 1. The minimum atomic E-state index is -3.83. The first-order valence-electron chi connectivity index (χ1n) is 3.79. The molecular formula is C7H11NO6S. The summed E-state index contributed by atoms with van der Waals surface area (Å²) in [6, 6.07) is 0. The van der Waals surface area contributed by atoms with Gasteiger partial charge in [-0.05, 0) is 0 Å². The fourth-order valence-electron chi connectivity index (χ4n) is 0.531. The lowest BCUT2D eigenvalue weighted by Gasteiger charge is -2.05. The van der Waals surface area contributed by atoms with E-state index in [4.69, 9.17) is 0 Å². The molecule has 0 bridgehead atoms. The van der Waals surface area contributed by atoms with E-state index >= 15 is 0 Å². The molecule has 0 aromatic rings. The standard InChI is InChI=1S/C7H11NO6S/c1-3-6(9)14-4-5-15(11,12)8-7(10)13-2/h3H,1,4-5H2,2H3,(H,8,10). The molecular weight excluding hydrogens is 226 g/mol. The van der Waals surface area contributed by atoms with Gasteiger partial charge >= 0.3 is 12.1 Å². The molecule has 0 aromatic heterocycles. The monoisotopic (exact) mass is 237 g/mol. The fourth-order valence-corrected chi connectivity index (χ4v) is 1.27. The Balaban J connectivity index is 4.00. The van der Waals surface area contributed by atoms with E-state index in [-0.39, 0.29) is 6.61 Å². The minimum Gasteiger partial charge on any atom is -0.461 e. The van der Waals surface area contributed by atoms with Crippen LogP contribution in [0.2, 0.25) is 0 Å². The number of amides is 1. The molecule has 86 valence electrons. The van der Waals surface area contributed by atoms with Gasteiger partial charge in [-0.1, -0.05) is 6.58 Å². The van der Waals surface area contributed by atoms with E-state index in [1.165, 1.54) is 0 Å². The van der Waals surface area contributed by atoms with Crippen LogP contribution < -0.4 is 4.72 Å². The zero-order valence-electron chi connectivity index (χ0n) is 8.06. The lowest BCUT2D eigenvalue weighted by Crippen LogP contribution is -2.33. The summed E-state index contributed by atoms with van der Waals surface area (Å²) in [4.78, 5) is 21.1. The van der Waals surface area contributed by atoms with Gasteiger partial charge in [0.25, 0.3) is 0 Å². The fraction of sp³-hybridized carbons (Fsp3) is 0.429. The lowest BCUT2D eigenvalue weighted by atomic mass is 10.6. The summed E-state index contributed by atoms with van der Waals surface area (Å²) >= 11 is 0. The first-order valence-corrected chi connectivity index (χ1v) is 5.44. The Morgan fingerprint density at radius 1 is 1.47 bits per heavy atom. The first-order chi connectivity index (χ1) is 6.91. The average Bonchev–Trinajstić information content (AvgIpc) is 2.16. The number of esters is 1. The third-order valence-electron chi connectivity index (χ3n) is 1.19. The second-order valence-electron chi connectivity index (χ2n) is 2.28. The molecule has 0 unspecified atom stereocenters. The molecule has 0 fully saturated rings. The van der Waals surface area contributed by atoms with E-state index in [1.54, 1.807) is 4.72 Å². The number of hydrogen-bond donors (Lipinski definition) is 1. The SMILES string of the molecule is C=CC(=O)OCCS(=O)(=O)NC(=O)OC. The van der Waals surface area contributed by atoms with Crippen LogP contribution in [0.3, 0.4) is 0 Å². The minimum absolute atomic E-state index is 0.364. The van der Waals surface area contributed by atoms with Crippen LogP contribution in [0.25, 0.3) is 0 Å². The normalized spacial score (nSPS) is 10.2. The Hall–Kier alpha value is -1.57. The van der Waals surface area contributed by atoms with Crippen LogP contribution in [-0.4, -0.2) is 39.9 Å². The largest absolute Gasteiger partial charge is 0.461 e. The molecule has 0 saturated carbocycles. The van der Waals surface area contributed by atoms with Gasteiger partial charge in [0.2, 0.25) is 10.0 Å². The summed E-state index contributed by atoms with van der Waals surface area (Å²) in [6.45, 7) is 2.76. The number of hydrogen-bond acceptors (Lipinski definition) is 6. The molecule has 0 radical (unpaired) electrons. The number of rotatable bonds is 5. The topological polar surface area (TPSA) is 98.8 Å². The molecule has 0 atom stereocenters. The molecule has 0 aliphatic carbocycles. The van der Waals surface area contributed by atoms with Crippen LogP contribution in [0, 0.1) is 0 Å². The van der Waals surface area contributed by atoms with Crippen molar-refractivity contribution in [2.45, 2.75) is 0 Å². The number of ether oxygens (including phenoxy) is 2. The average molecular weight is 237 g/mol. The molecule has 8 heteroatoms. The highest BCUT2D eigenvalue weighted by Gasteiger charge is 2.14. The summed E-state index contributed by atoms with van der Waals surface area (Å²) in [6.07, 6.45) is -0.189. The van der Waals surface area contributed by atoms with Crippen molar-refractivity contribution >= 4 is 22.1 Å². The third-order valence-corrected chi connectivity index (χ3v) is 2.37. The Morgan fingerprint density at radius 3 is 2.53 bits per heavy atom. The number of carbonyl (C=O) groups excluding carboxylic acids is 2. The molecule has 1 N–H and O–H groups in total. The van der Waals surface area contributed by atoms with Gasteiger partial charge in [-0.3, -0.25) is 0 Å². The molecule has 0 aliphatic rings. The molecule has 1 amide bonds. The highest BCUT2D eigenvalue weighted by molar-refractivity contribution is 7.90. The van der Waals surface area contributed by atoms with Crippen molar-refractivity contribution in [2.75, 3.05) is 19.5 Å². The van der Waals surface area contributed by atoms with Crippen molar-refractivity contribution in [2.24, 2.45) is 0 Å². The van der Waals surface area contributed by atoms with Gasteiger partial charge in [-0.2, -0.15) is 0 Å². The van der Waals surface area contributed by atoms with Crippen LogP contribution in [0.5, 0.6) is 0 Å². The number of carbonyl (C=O) groups is 2. The zero-order chi connectivity index (χ0) is 11.9. The van der Waals surface area contributed by atoms with Crippen LogP contribution in [-0.2, 0) is 24.3 Å². The molecule has 0 heterocycles. The molecule has 0 spiro atoms. The summed E-state index contributed by atoms with van der Waals surface area (Å²) < 4.78 is 32.2. The molecule has 7 nitrogen and oxygen atoms in total. The summed E-state index contributed by atoms with van der Waals surface area (Å²) in [5, 5.41) is 0. The quantitative estimate of drug-likeness (QED) is 0.506. The molecule has 0 saturated heterocycles. The molecule has 0 aliphatic heterocycles. The van der Waals surface area contributed by atoms with E-state index in [0.717, 1.165) is 13.2 Å². The predicted molar refractivity (Wildman–Crippen MR) is 50.5 cm³/mol. The Kier molecular flexibility index (Phi) is 5.39. The van der Waals surface area contributed by atoms with Crippen LogP contribution >= 0.6 is 0 Å². The van der Waals surface area contributed by atoms with Gasteiger partial charge in [-0.25, -0.2) is 22.7 Å². The zero-order valence-corrected chi connectivity index (χ0v) is 8.87. The van der Waals surface area contributed by atoms with E-state index in [0.29, 0.717) is 0 Å². The first kappa shape index (κ1) is 13.4. The number of methoxy groups -OCH3 is 1. The summed E-state index contributed by atoms with van der Waals surface area (Å²) in [5.74, 6) is -1.26. The smallest absolute Gasteiger partial charge is 0.420 e. The predicted octanol–water partition coefficient (Wildman–Crippen LogP) is -0.599. The van der Waals surface area contributed by atoms with Crippen molar-refractivity contribution in [1.29, 1.82) is 0 Å². The number of nitrogens with one attached hydrogen (secondary N) is 1. The van der Waals surface area contributed by atoms with E-state index < -0.39 is 27.8 Å². The summed E-state index contributed by atoms with van der Waals surface area (Å²) in [7, 11) is -2.80. The van der Waals surface area contributed by atoms with Crippen molar-refractivity contribution in [3.63, 3.8) is 0 Å². The van der Waals surface area contributed by atoms with Gasteiger partial charge in [-0.15, -0.1) is 0 Å². The highest BCUT2D eigenvalue weighted by atomic mass is 32.2. The lowest BCUT2D eigenvalue weighted by molar-refractivity contribution is -0.137. The van der Waals surface area contributed by atoms with E-state index in [2.05, 4.69) is 16.1 Å².